The summed E-state index contributed by atoms with van der Waals surface area (Å²) in [5.74, 6) is 0.287. The fourth-order valence-electron chi connectivity index (χ4n) is 2.83. The first-order chi connectivity index (χ1) is 11.1. The van der Waals surface area contributed by atoms with Gasteiger partial charge in [-0.05, 0) is 34.9 Å². The molecular formula is C20H27NO2Si. The molecule has 0 saturated heterocycles. The zero-order valence-electron chi connectivity index (χ0n) is 15.5. The van der Waals surface area contributed by atoms with Crippen molar-refractivity contribution in [2.75, 3.05) is 0 Å². The minimum atomic E-state index is -1.74. The summed E-state index contributed by atoms with van der Waals surface area (Å²) < 4.78 is 5.16. The molecular weight excluding hydrogens is 314 g/mol. The van der Waals surface area contributed by atoms with Crippen LogP contribution in [0.1, 0.15) is 44.5 Å². The number of nitrogens with zero attached hydrogens (tertiary/aromatic N) is 1. The number of hydrogen-bond donors (Lipinski definition) is 0. The molecule has 2 aromatic rings. The van der Waals surface area contributed by atoms with Gasteiger partial charge in [0.15, 0.2) is 0 Å². The van der Waals surface area contributed by atoms with E-state index in [-0.39, 0.29) is 16.5 Å². The molecule has 128 valence electrons. The monoisotopic (exact) mass is 341 g/mol. The molecule has 0 radical (unpaired) electrons. The molecule has 1 unspecified atom stereocenters. The Morgan fingerprint density at radius 2 is 1.71 bits per heavy atom. The molecule has 1 atom stereocenters. The molecule has 1 aromatic carbocycles. The number of carbonyl (C=O) groups excluding carboxylic acids is 1. The Morgan fingerprint density at radius 1 is 1.08 bits per heavy atom. The lowest BCUT2D eigenvalue weighted by Crippen LogP contribution is -2.44. The van der Waals surface area contributed by atoms with Crippen LogP contribution in [0.3, 0.4) is 0 Å². The highest BCUT2D eigenvalue weighted by atomic mass is 28.3. The summed E-state index contributed by atoms with van der Waals surface area (Å²) in [4.78, 5) is 15.8. The van der Waals surface area contributed by atoms with Crippen LogP contribution in [0.25, 0.3) is 0 Å². The van der Waals surface area contributed by atoms with Gasteiger partial charge in [0.2, 0.25) is 0 Å². The van der Waals surface area contributed by atoms with Crippen molar-refractivity contribution in [1.82, 2.24) is 4.98 Å². The van der Waals surface area contributed by atoms with Crippen molar-refractivity contribution in [3.05, 3.63) is 59.9 Å². The second kappa shape index (κ2) is 6.89. The van der Waals surface area contributed by atoms with Gasteiger partial charge in [0.25, 0.3) is 0 Å². The van der Waals surface area contributed by atoms with Gasteiger partial charge in [-0.2, -0.15) is 0 Å². The highest BCUT2D eigenvalue weighted by Crippen LogP contribution is 2.47. The Morgan fingerprint density at radius 3 is 2.17 bits per heavy atom. The van der Waals surface area contributed by atoms with Crippen molar-refractivity contribution in [2.45, 2.75) is 51.4 Å². The molecule has 0 aliphatic carbocycles. The van der Waals surface area contributed by atoms with E-state index in [1.54, 1.807) is 0 Å². The first kappa shape index (κ1) is 18.4. The predicted molar refractivity (Wildman–Crippen MR) is 101 cm³/mol. The van der Waals surface area contributed by atoms with Gasteiger partial charge >= 0.3 is 5.97 Å². The van der Waals surface area contributed by atoms with Crippen molar-refractivity contribution in [3.8, 4) is 5.75 Å². The highest BCUT2D eigenvalue weighted by Gasteiger charge is 2.44. The number of benzene rings is 1. The zero-order valence-corrected chi connectivity index (χ0v) is 16.5. The molecule has 0 amide bonds. The molecule has 0 saturated carbocycles. The third-order valence-corrected chi connectivity index (χ3v) is 11.1. The maximum absolute atomic E-state index is 11.1. The number of rotatable bonds is 4. The Kier molecular flexibility index (Phi) is 5.28. The van der Waals surface area contributed by atoms with E-state index in [9.17, 15) is 4.79 Å². The summed E-state index contributed by atoms with van der Waals surface area (Å²) in [6.07, 6.45) is 1.86. The molecule has 0 spiro atoms. The summed E-state index contributed by atoms with van der Waals surface area (Å²) in [7, 11) is -1.74. The van der Waals surface area contributed by atoms with Crippen molar-refractivity contribution in [3.63, 3.8) is 0 Å². The average Bonchev–Trinajstić information content (AvgIpc) is 2.48. The number of aromatic nitrogens is 1. The van der Waals surface area contributed by atoms with Gasteiger partial charge in [0, 0.05) is 24.4 Å². The number of ether oxygens (including phenoxy) is 1. The van der Waals surface area contributed by atoms with Crippen LogP contribution in [0, 0.1) is 0 Å². The predicted octanol–water partition coefficient (Wildman–Crippen LogP) is 5.19. The van der Waals surface area contributed by atoms with E-state index in [1.807, 2.05) is 24.4 Å². The molecule has 0 N–H and O–H groups in total. The maximum atomic E-state index is 11.1. The summed E-state index contributed by atoms with van der Waals surface area (Å²) in [5.41, 5.74) is 2.63. The third kappa shape index (κ3) is 3.93. The van der Waals surface area contributed by atoms with Crippen molar-refractivity contribution < 1.29 is 9.53 Å². The number of pyridine rings is 1. The van der Waals surface area contributed by atoms with Crippen LogP contribution in [0.5, 0.6) is 5.75 Å². The zero-order chi connectivity index (χ0) is 18.0. The second-order valence-electron chi connectivity index (χ2n) is 7.82. The van der Waals surface area contributed by atoms with Crippen LogP contribution >= 0.6 is 0 Å². The molecule has 0 fully saturated rings. The minimum Gasteiger partial charge on any atom is -0.427 e. The third-order valence-electron chi connectivity index (χ3n) is 5.11. The van der Waals surface area contributed by atoms with Crippen molar-refractivity contribution in [1.29, 1.82) is 0 Å². The van der Waals surface area contributed by atoms with Crippen LogP contribution in [0.2, 0.25) is 18.1 Å². The first-order valence-electron chi connectivity index (χ1n) is 8.32. The molecule has 2 rings (SSSR count). The topological polar surface area (TPSA) is 39.2 Å². The van der Waals surface area contributed by atoms with Gasteiger partial charge in [-0.25, -0.2) is 0 Å². The van der Waals surface area contributed by atoms with Crippen molar-refractivity contribution in [2.24, 2.45) is 0 Å². The Labute approximate surface area is 146 Å². The maximum Gasteiger partial charge on any atom is 0.308 e. The summed E-state index contributed by atoms with van der Waals surface area (Å²) in [6.45, 7) is 13.2. The molecule has 3 nitrogen and oxygen atoms in total. The van der Waals surface area contributed by atoms with Crippen LogP contribution in [-0.2, 0) is 4.79 Å². The lowest BCUT2D eigenvalue weighted by Gasteiger charge is -2.43. The number of carbonyl (C=O) groups is 1. The second-order valence-corrected chi connectivity index (χ2v) is 13.3. The summed E-state index contributed by atoms with van der Waals surface area (Å²) in [5, 5.41) is 0.226. The SMILES string of the molecule is CC(=O)Oc1ccc(C(c2ccccn2)[Si](C)(C)C(C)(C)C)cc1. The lowest BCUT2D eigenvalue weighted by molar-refractivity contribution is -0.131. The van der Waals surface area contributed by atoms with E-state index in [0.717, 1.165) is 5.69 Å². The number of esters is 1. The van der Waals surface area contributed by atoms with E-state index < -0.39 is 8.07 Å². The van der Waals surface area contributed by atoms with Gasteiger partial charge in [0.05, 0.1) is 8.07 Å². The molecule has 0 aliphatic heterocycles. The Bertz CT molecular complexity index is 688. The minimum absolute atomic E-state index is 0.226. The van der Waals surface area contributed by atoms with Crippen LogP contribution in [0.4, 0.5) is 0 Å². The molecule has 0 aliphatic rings. The largest absolute Gasteiger partial charge is 0.427 e. The van der Waals surface area contributed by atoms with Crippen LogP contribution in [-0.4, -0.2) is 19.0 Å². The lowest BCUT2D eigenvalue weighted by atomic mass is 10.1. The van der Waals surface area contributed by atoms with E-state index in [1.165, 1.54) is 12.5 Å². The van der Waals surface area contributed by atoms with Gasteiger partial charge < -0.3 is 4.74 Å². The normalized spacial score (nSPS) is 13.4. The van der Waals surface area contributed by atoms with E-state index >= 15 is 0 Å². The quantitative estimate of drug-likeness (QED) is 0.436. The smallest absolute Gasteiger partial charge is 0.308 e. The average molecular weight is 342 g/mol. The summed E-state index contributed by atoms with van der Waals surface area (Å²) in [6, 6.07) is 14.0. The van der Waals surface area contributed by atoms with E-state index in [0.29, 0.717) is 5.75 Å². The molecule has 1 aromatic heterocycles. The number of hydrogen-bond acceptors (Lipinski definition) is 3. The Hall–Kier alpha value is -1.94. The molecule has 24 heavy (non-hydrogen) atoms. The standard InChI is InChI=1S/C20H27NO2Si/c1-15(22)23-17-12-10-16(11-13-17)19(18-9-7-8-14-21-18)24(5,6)20(2,3)4/h7-14,19H,1-6H3. The fourth-order valence-corrected chi connectivity index (χ4v) is 5.63. The van der Waals surface area contributed by atoms with E-state index in [2.05, 4.69) is 63.1 Å². The highest BCUT2D eigenvalue weighted by molar-refractivity contribution is 6.82. The van der Waals surface area contributed by atoms with Crippen LogP contribution in [0.15, 0.2) is 48.7 Å². The molecule has 4 heteroatoms. The van der Waals surface area contributed by atoms with E-state index in [4.69, 9.17) is 4.74 Å². The van der Waals surface area contributed by atoms with Crippen LogP contribution < -0.4 is 4.74 Å². The van der Waals surface area contributed by atoms with Gasteiger partial charge in [-0.3, -0.25) is 9.78 Å². The molecule has 1 heterocycles. The molecule has 0 bridgehead atoms. The summed E-state index contributed by atoms with van der Waals surface area (Å²) >= 11 is 0. The van der Waals surface area contributed by atoms with Gasteiger partial charge in [-0.1, -0.05) is 52.1 Å². The first-order valence-corrected chi connectivity index (χ1v) is 11.4. The Balaban J connectivity index is 2.49. The van der Waals surface area contributed by atoms with Crippen molar-refractivity contribution >= 4 is 14.0 Å². The van der Waals surface area contributed by atoms with Gasteiger partial charge in [0.1, 0.15) is 5.75 Å². The fraction of sp³-hybridized carbons (Fsp3) is 0.400. The van der Waals surface area contributed by atoms with Gasteiger partial charge in [-0.15, -0.1) is 0 Å².